The van der Waals surface area contributed by atoms with Crippen LogP contribution in [0.5, 0.6) is 5.75 Å². The second-order valence-corrected chi connectivity index (χ2v) is 5.19. The average Bonchev–Trinajstić information content (AvgIpc) is 3.30. The number of para-hydroxylation sites is 1. The fourth-order valence-electron chi connectivity index (χ4n) is 2.32. The minimum absolute atomic E-state index is 0.464. The number of nitrogens with zero attached hydrogens (tertiary/aromatic N) is 2. The van der Waals surface area contributed by atoms with E-state index in [1.165, 1.54) is 18.4 Å². The number of benzene rings is 1. The van der Waals surface area contributed by atoms with Crippen molar-refractivity contribution in [2.75, 3.05) is 12.1 Å². The zero-order valence-corrected chi connectivity index (χ0v) is 11.6. The summed E-state index contributed by atoms with van der Waals surface area (Å²) in [4.78, 5) is 4.29. The molecule has 0 bridgehead atoms. The number of hydrazine groups is 1. The van der Waals surface area contributed by atoms with Crippen LogP contribution in [0, 0.1) is 0 Å². The molecule has 3 rings (SSSR count). The fourth-order valence-corrected chi connectivity index (χ4v) is 2.32. The summed E-state index contributed by atoms with van der Waals surface area (Å²) in [5.74, 6) is 7.42. The molecule has 0 saturated heterocycles. The summed E-state index contributed by atoms with van der Waals surface area (Å²) in [6.07, 6.45) is 4.25. The van der Waals surface area contributed by atoms with E-state index in [0.29, 0.717) is 12.5 Å². The first-order chi connectivity index (χ1) is 9.75. The highest BCUT2D eigenvalue weighted by Crippen LogP contribution is 2.47. The Morgan fingerprint density at radius 1 is 1.25 bits per heavy atom. The third-order valence-corrected chi connectivity index (χ3v) is 3.51. The number of ether oxygens (including phenoxy) is 1. The number of hydrogen-bond acceptors (Lipinski definition) is 4. The Morgan fingerprint density at radius 2 is 2.10 bits per heavy atom. The Labute approximate surface area is 119 Å². The highest BCUT2D eigenvalue weighted by Gasteiger charge is 2.28. The summed E-state index contributed by atoms with van der Waals surface area (Å²) in [7, 11) is 1.83. The second-order valence-electron chi connectivity index (χ2n) is 5.19. The largest absolute Gasteiger partial charge is 0.485 e. The van der Waals surface area contributed by atoms with E-state index in [0.717, 1.165) is 17.1 Å². The van der Waals surface area contributed by atoms with Crippen LogP contribution >= 0.6 is 0 Å². The Bertz CT molecular complexity index is 559. The Morgan fingerprint density at radius 3 is 2.75 bits per heavy atom. The number of rotatable bonds is 5. The summed E-state index contributed by atoms with van der Waals surface area (Å²) in [6.45, 7) is 0.464. The lowest BCUT2D eigenvalue weighted by Gasteiger charge is -2.20. The average molecular weight is 269 g/mol. The van der Waals surface area contributed by atoms with Gasteiger partial charge in [0.25, 0.3) is 0 Å². The molecular weight excluding hydrogens is 250 g/mol. The van der Waals surface area contributed by atoms with Crippen LogP contribution in [-0.4, -0.2) is 12.0 Å². The number of hydrogen-bond donors (Lipinski definition) is 1. The monoisotopic (exact) mass is 269 g/mol. The topological polar surface area (TPSA) is 51.4 Å². The standard InChI is InChI=1S/C16H19N3O/c1-19(17)15-7-4-6-14(12-8-9-12)16(15)20-11-13-5-2-3-10-18-13/h2-7,10,12H,8-9,11,17H2,1H3. The van der Waals surface area contributed by atoms with E-state index in [-0.39, 0.29) is 0 Å². The maximum atomic E-state index is 6.03. The van der Waals surface area contributed by atoms with Crippen LogP contribution in [0.25, 0.3) is 0 Å². The number of pyridine rings is 1. The minimum Gasteiger partial charge on any atom is -0.485 e. The van der Waals surface area contributed by atoms with Gasteiger partial charge >= 0.3 is 0 Å². The molecule has 4 nitrogen and oxygen atoms in total. The molecular formula is C16H19N3O. The van der Waals surface area contributed by atoms with Gasteiger partial charge in [-0.15, -0.1) is 0 Å². The normalized spacial score (nSPS) is 14.1. The van der Waals surface area contributed by atoms with Crippen molar-refractivity contribution in [1.82, 2.24) is 4.98 Å². The van der Waals surface area contributed by atoms with Gasteiger partial charge in [-0.25, -0.2) is 5.84 Å². The molecule has 2 aromatic rings. The maximum absolute atomic E-state index is 6.03. The van der Waals surface area contributed by atoms with Crippen molar-refractivity contribution in [3.8, 4) is 5.75 Å². The van der Waals surface area contributed by atoms with Gasteiger partial charge in [0.1, 0.15) is 12.4 Å². The molecule has 0 aliphatic heterocycles. The second kappa shape index (κ2) is 5.51. The molecule has 1 aliphatic rings. The first kappa shape index (κ1) is 12.9. The molecule has 104 valence electrons. The molecule has 1 heterocycles. The molecule has 0 atom stereocenters. The molecule has 1 aliphatic carbocycles. The smallest absolute Gasteiger partial charge is 0.148 e. The molecule has 0 spiro atoms. The van der Waals surface area contributed by atoms with Gasteiger partial charge in [0.2, 0.25) is 0 Å². The molecule has 0 unspecified atom stereocenters. The van der Waals surface area contributed by atoms with Gasteiger partial charge in [-0.2, -0.15) is 0 Å². The molecule has 1 fully saturated rings. The van der Waals surface area contributed by atoms with Gasteiger partial charge < -0.3 is 9.75 Å². The first-order valence-corrected chi connectivity index (χ1v) is 6.90. The Kier molecular flexibility index (Phi) is 3.56. The van der Waals surface area contributed by atoms with Crippen molar-refractivity contribution in [2.45, 2.75) is 25.4 Å². The van der Waals surface area contributed by atoms with Crippen molar-refractivity contribution in [1.29, 1.82) is 0 Å². The zero-order valence-electron chi connectivity index (χ0n) is 11.6. The predicted molar refractivity (Wildman–Crippen MR) is 79.6 cm³/mol. The van der Waals surface area contributed by atoms with Gasteiger partial charge in [0.05, 0.1) is 11.4 Å². The molecule has 1 aromatic heterocycles. The van der Waals surface area contributed by atoms with Crippen LogP contribution < -0.4 is 15.6 Å². The molecule has 4 heteroatoms. The van der Waals surface area contributed by atoms with E-state index < -0.39 is 0 Å². The minimum atomic E-state index is 0.464. The summed E-state index contributed by atoms with van der Waals surface area (Å²) in [5, 5.41) is 1.61. The van der Waals surface area contributed by atoms with Crippen LogP contribution in [0.4, 0.5) is 5.69 Å². The van der Waals surface area contributed by atoms with Crippen LogP contribution in [0.1, 0.15) is 30.0 Å². The fraction of sp³-hybridized carbons (Fsp3) is 0.312. The van der Waals surface area contributed by atoms with Crippen LogP contribution in [0.3, 0.4) is 0 Å². The lowest BCUT2D eigenvalue weighted by Crippen LogP contribution is -2.26. The Hall–Kier alpha value is -2.07. The molecule has 1 saturated carbocycles. The predicted octanol–water partition coefficient (Wildman–Crippen LogP) is 2.85. The van der Waals surface area contributed by atoms with E-state index >= 15 is 0 Å². The summed E-state index contributed by atoms with van der Waals surface area (Å²) in [6, 6.07) is 12.0. The number of nitrogens with two attached hydrogens (primary N) is 1. The van der Waals surface area contributed by atoms with E-state index in [2.05, 4.69) is 11.1 Å². The highest BCUT2D eigenvalue weighted by atomic mass is 16.5. The maximum Gasteiger partial charge on any atom is 0.148 e. The summed E-state index contributed by atoms with van der Waals surface area (Å²) >= 11 is 0. The summed E-state index contributed by atoms with van der Waals surface area (Å²) in [5.41, 5.74) is 3.10. The van der Waals surface area contributed by atoms with Crippen molar-refractivity contribution in [2.24, 2.45) is 5.84 Å². The molecule has 2 N–H and O–H groups in total. The lowest BCUT2D eigenvalue weighted by atomic mass is 10.1. The van der Waals surface area contributed by atoms with Crippen molar-refractivity contribution in [3.63, 3.8) is 0 Å². The number of aromatic nitrogens is 1. The van der Waals surface area contributed by atoms with Gasteiger partial charge in [0.15, 0.2) is 0 Å². The van der Waals surface area contributed by atoms with Crippen molar-refractivity contribution >= 4 is 5.69 Å². The van der Waals surface area contributed by atoms with E-state index in [4.69, 9.17) is 10.6 Å². The van der Waals surface area contributed by atoms with Gasteiger partial charge in [-0.05, 0) is 42.5 Å². The van der Waals surface area contributed by atoms with Crippen LogP contribution in [-0.2, 0) is 6.61 Å². The van der Waals surface area contributed by atoms with E-state index in [1.807, 2.05) is 37.4 Å². The van der Waals surface area contributed by atoms with Crippen LogP contribution in [0.15, 0.2) is 42.6 Å². The molecule has 0 amide bonds. The third-order valence-electron chi connectivity index (χ3n) is 3.51. The van der Waals surface area contributed by atoms with Crippen molar-refractivity contribution in [3.05, 3.63) is 53.9 Å². The zero-order chi connectivity index (χ0) is 13.9. The quantitative estimate of drug-likeness (QED) is 0.670. The molecule has 0 radical (unpaired) electrons. The van der Waals surface area contributed by atoms with Gasteiger partial charge in [-0.1, -0.05) is 18.2 Å². The molecule has 1 aromatic carbocycles. The van der Waals surface area contributed by atoms with Gasteiger partial charge in [-0.3, -0.25) is 4.98 Å². The summed E-state index contributed by atoms with van der Waals surface area (Å²) < 4.78 is 6.03. The molecule has 20 heavy (non-hydrogen) atoms. The van der Waals surface area contributed by atoms with E-state index in [9.17, 15) is 0 Å². The lowest BCUT2D eigenvalue weighted by molar-refractivity contribution is 0.298. The highest BCUT2D eigenvalue weighted by molar-refractivity contribution is 5.62. The Balaban J connectivity index is 1.86. The third kappa shape index (κ3) is 2.75. The van der Waals surface area contributed by atoms with E-state index in [1.54, 1.807) is 11.2 Å². The SMILES string of the molecule is CN(N)c1cccc(C2CC2)c1OCc1ccccn1. The van der Waals surface area contributed by atoms with Gasteiger partial charge in [0, 0.05) is 13.2 Å². The number of anilines is 1. The van der Waals surface area contributed by atoms with Crippen LogP contribution in [0.2, 0.25) is 0 Å². The first-order valence-electron chi connectivity index (χ1n) is 6.90. The van der Waals surface area contributed by atoms with Crippen molar-refractivity contribution < 1.29 is 4.74 Å².